The summed E-state index contributed by atoms with van der Waals surface area (Å²) in [5.41, 5.74) is 0.426. The zero-order chi connectivity index (χ0) is 14.3. The van der Waals surface area contributed by atoms with E-state index in [4.69, 9.17) is 16.1 Å². The number of imidazole rings is 1. The minimum Gasteiger partial charge on any atom is -0.359 e. The molecule has 0 amide bonds. The highest BCUT2D eigenvalue weighted by atomic mass is 35.5. The van der Waals surface area contributed by atoms with Crippen LogP contribution in [-0.4, -0.2) is 14.7 Å². The van der Waals surface area contributed by atoms with Crippen LogP contribution in [0.15, 0.2) is 28.9 Å². The number of alkyl halides is 1. The molecule has 3 aromatic rings. The van der Waals surface area contributed by atoms with E-state index >= 15 is 0 Å². The summed E-state index contributed by atoms with van der Waals surface area (Å²) in [6.07, 6.45) is 1.48. The lowest BCUT2D eigenvalue weighted by Crippen LogP contribution is -2.06. The highest BCUT2D eigenvalue weighted by Crippen LogP contribution is 2.28. The van der Waals surface area contributed by atoms with E-state index < -0.39 is 17.0 Å². The van der Waals surface area contributed by atoms with Crippen molar-refractivity contribution in [3.63, 3.8) is 0 Å². The van der Waals surface area contributed by atoms with E-state index in [2.05, 4.69) is 10.1 Å². The zero-order valence-electron chi connectivity index (χ0n) is 10.5. The second-order valence-electron chi connectivity index (χ2n) is 4.38. The number of nitrogens with zero attached hydrogens (tertiary/aromatic N) is 3. The van der Waals surface area contributed by atoms with Gasteiger partial charge >= 0.3 is 0 Å². The third-order valence-corrected chi connectivity index (χ3v) is 3.19. The Kier molecular flexibility index (Phi) is 3.17. The van der Waals surface area contributed by atoms with Gasteiger partial charge in [0, 0.05) is 6.07 Å². The number of halogens is 3. The standard InChI is InChI=1S/C13H10ClF2N3O/c1-7(14)13-18-10-3-2-9(15)11(16)12(10)19(13)6-8-4-5-17-20-8/h2-5,7H,6H2,1H3. The van der Waals surface area contributed by atoms with Crippen molar-refractivity contribution in [1.82, 2.24) is 14.7 Å². The van der Waals surface area contributed by atoms with E-state index in [9.17, 15) is 8.78 Å². The van der Waals surface area contributed by atoms with Crippen molar-refractivity contribution in [2.45, 2.75) is 18.8 Å². The molecule has 1 unspecified atom stereocenters. The summed E-state index contributed by atoms with van der Waals surface area (Å²) in [4.78, 5) is 4.26. The maximum absolute atomic E-state index is 14.0. The second kappa shape index (κ2) is 4.86. The molecule has 104 valence electrons. The highest BCUT2D eigenvalue weighted by Gasteiger charge is 2.20. The number of hydrogen-bond donors (Lipinski definition) is 0. The summed E-state index contributed by atoms with van der Waals surface area (Å²) in [5.74, 6) is -0.919. The molecule has 4 nitrogen and oxygen atoms in total. The summed E-state index contributed by atoms with van der Waals surface area (Å²) in [5, 5.41) is 3.14. The summed E-state index contributed by atoms with van der Waals surface area (Å²) in [6.45, 7) is 1.90. The van der Waals surface area contributed by atoms with Gasteiger partial charge in [0.2, 0.25) is 0 Å². The zero-order valence-corrected chi connectivity index (χ0v) is 11.2. The first-order valence-corrected chi connectivity index (χ1v) is 6.39. The molecule has 1 aromatic carbocycles. The Balaban J connectivity index is 2.25. The molecule has 0 bridgehead atoms. The van der Waals surface area contributed by atoms with Gasteiger partial charge in [-0.3, -0.25) is 0 Å². The molecular weight excluding hydrogens is 288 g/mol. The van der Waals surface area contributed by atoms with Gasteiger partial charge in [-0.1, -0.05) is 5.16 Å². The Morgan fingerprint density at radius 3 is 2.80 bits per heavy atom. The van der Waals surface area contributed by atoms with Crippen LogP contribution < -0.4 is 0 Å². The molecule has 2 aromatic heterocycles. The maximum Gasteiger partial charge on any atom is 0.184 e. The third kappa shape index (κ3) is 2.06. The molecule has 0 aliphatic carbocycles. The van der Waals surface area contributed by atoms with Crippen molar-refractivity contribution in [3.8, 4) is 0 Å². The monoisotopic (exact) mass is 297 g/mol. The fraction of sp³-hybridized carbons (Fsp3) is 0.231. The van der Waals surface area contributed by atoms with Gasteiger partial charge in [-0.25, -0.2) is 13.8 Å². The number of aromatic nitrogens is 3. The topological polar surface area (TPSA) is 43.9 Å². The summed E-state index contributed by atoms with van der Waals surface area (Å²) < 4.78 is 34.0. The second-order valence-corrected chi connectivity index (χ2v) is 5.03. The molecule has 0 fully saturated rings. The van der Waals surface area contributed by atoms with Crippen molar-refractivity contribution in [3.05, 3.63) is 47.6 Å². The van der Waals surface area contributed by atoms with Gasteiger partial charge in [-0.2, -0.15) is 0 Å². The molecule has 0 radical (unpaired) electrons. The quantitative estimate of drug-likeness (QED) is 0.693. The number of benzene rings is 1. The van der Waals surface area contributed by atoms with Crippen molar-refractivity contribution >= 4 is 22.6 Å². The van der Waals surface area contributed by atoms with Crippen molar-refractivity contribution < 1.29 is 13.3 Å². The Morgan fingerprint density at radius 2 is 2.15 bits per heavy atom. The first-order valence-electron chi connectivity index (χ1n) is 5.95. The molecule has 0 aliphatic rings. The fourth-order valence-electron chi connectivity index (χ4n) is 2.12. The molecular formula is C13H10ClF2N3O. The van der Waals surface area contributed by atoms with Crippen LogP contribution in [0.4, 0.5) is 8.78 Å². The molecule has 1 atom stereocenters. The van der Waals surface area contributed by atoms with E-state index in [-0.39, 0.29) is 12.1 Å². The number of fused-ring (bicyclic) bond motifs is 1. The van der Waals surface area contributed by atoms with E-state index in [1.54, 1.807) is 13.0 Å². The third-order valence-electron chi connectivity index (χ3n) is 2.99. The average Bonchev–Trinajstić information content (AvgIpc) is 3.02. The van der Waals surface area contributed by atoms with Crippen LogP contribution in [0, 0.1) is 11.6 Å². The van der Waals surface area contributed by atoms with Crippen LogP contribution >= 0.6 is 11.6 Å². The molecule has 3 rings (SSSR count). The molecule has 0 N–H and O–H groups in total. The van der Waals surface area contributed by atoms with Gasteiger partial charge in [-0.15, -0.1) is 11.6 Å². The lowest BCUT2D eigenvalue weighted by Gasteiger charge is -2.08. The van der Waals surface area contributed by atoms with E-state index in [0.29, 0.717) is 17.1 Å². The first kappa shape index (κ1) is 13.1. The van der Waals surface area contributed by atoms with Gasteiger partial charge in [0.05, 0.1) is 23.6 Å². The van der Waals surface area contributed by atoms with Gasteiger partial charge < -0.3 is 9.09 Å². The lowest BCUT2D eigenvalue weighted by molar-refractivity contribution is 0.375. The molecule has 0 aliphatic heterocycles. The number of hydrogen-bond acceptors (Lipinski definition) is 3. The van der Waals surface area contributed by atoms with Crippen molar-refractivity contribution in [2.75, 3.05) is 0 Å². The highest BCUT2D eigenvalue weighted by molar-refractivity contribution is 6.20. The van der Waals surface area contributed by atoms with E-state index in [1.165, 1.54) is 16.8 Å². The molecule has 20 heavy (non-hydrogen) atoms. The summed E-state index contributed by atoms with van der Waals surface area (Å²) in [6, 6.07) is 4.12. The van der Waals surface area contributed by atoms with Crippen LogP contribution in [0.5, 0.6) is 0 Å². The van der Waals surface area contributed by atoms with Crippen LogP contribution in [0.3, 0.4) is 0 Å². The minimum atomic E-state index is -0.946. The van der Waals surface area contributed by atoms with E-state index in [1.807, 2.05) is 0 Å². The Bertz CT molecular complexity index is 753. The Morgan fingerprint density at radius 1 is 1.35 bits per heavy atom. The van der Waals surface area contributed by atoms with Crippen molar-refractivity contribution in [2.24, 2.45) is 0 Å². The number of rotatable bonds is 3. The van der Waals surface area contributed by atoms with Crippen LogP contribution in [-0.2, 0) is 6.54 Å². The lowest BCUT2D eigenvalue weighted by atomic mass is 10.3. The Hall–Kier alpha value is -1.95. The molecule has 7 heteroatoms. The van der Waals surface area contributed by atoms with Gasteiger partial charge in [0.15, 0.2) is 17.4 Å². The van der Waals surface area contributed by atoms with Crippen LogP contribution in [0.2, 0.25) is 0 Å². The fourth-order valence-corrected chi connectivity index (χ4v) is 2.28. The van der Waals surface area contributed by atoms with Crippen LogP contribution in [0.1, 0.15) is 23.9 Å². The van der Waals surface area contributed by atoms with Gasteiger partial charge in [-0.05, 0) is 19.1 Å². The average molecular weight is 298 g/mol. The van der Waals surface area contributed by atoms with Gasteiger partial charge in [0.25, 0.3) is 0 Å². The normalized spacial score (nSPS) is 13.0. The summed E-state index contributed by atoms with van der Waals surface area (Å²) >= 11 is 6.07. The smallest absolute Gasteiger partial charge is 0.184 e. The SMILES string of the molecule is CC(Cl)c1nc2ccc(F)c(F)c2n1Cc1ccno1. The Labute approximate surface area is 118 Å². The predicted octanol–water partition coefficient (Wildman–Crippen LogP) is 3.65. The molecule has 0 saturated heterocycles. The van der Waals surface area contributed by atoms with Crippen molar-refractivity contribution in [1.29, 1.82) is 0 Å². The maximum atomic E-state index is 14.0. The molecule has 0 saturated carbocycles. The predicted molar refractivity (Wildman–Crippen MR) is 69.5 cm³/mol. The first-order chi connectivity index (χ1) is 9.58. The largest absolute Gasteiger partial charge is 0.359 e. The van der Waals surface area contributed by atoms with E-state index in [0.717, 1.165) is 6.07 Å². The molecule has 0 spiro atoms. The van der Waals surface area contributed by atoms with Gasteiger partial charge in [0.1, 0.15) is 11.3 Å². The molecule has 2 heterocycles. The minimum absolute atomic E-state index is 0.0731. The van der Waals surface area contributed by atoms with Crippen LogP contribution in [0.25, 0.3) is 11.0 Å². The summed E-state index contributed by atoms with van der Waals surface area (Å²) in [7, 11) is 0.